The first-order chi connectivity index (χ1) is 6.60. The summed E-state index contributed by atoms with van der Waals surface area (Å²) in [5.74, 6) is -0.316. The third kappa shape index (κ3) is 6.98. The van der Waals surface area contributed by atoms with Crippen LogP contribution in [-0.2, 0) is 18.6 Å². The van der Waals surface area contributed by atoms with E-state index >= 15 is 0 Å². The first-order valence-electron chi connectivity index (χ1n) is 4.87. The van der Waals surface area contributed by atoms with Crippen molar-refractivity contribution in [3.8, 4) is 0 Å². The number of carbonyl (C=O) groups is 1. The van der Waals surface area contributed by atoms with Crippen LogP contribution in [0.4, 0.5) is 0 Å². The Morgan fingerprint density at radius 3 is 2.57 bits per heavy atom. The van der Waals surface area contributed by atoms with E-state index < -0.39 is 8.03 Å². The summed E-state index contributed by atoms with van der Waals surface area (Å²) in [5, 5.41) is 0. The van der Waals surface area contributed by atoms with E-state index in [1.807, 2.05) is 13.8 Å². The molecule has 0 aliphatic rings. The van der Waals surface area contributed by atoms with Gasteiger partial charge < -0.3 is 4.74 Å². The second kappa shape index (κ2) is 7.89. The van der Waals surface area contributed by atoms with E-state index in [2.05, 4.69) is 0 Å². The second-order valence-electron chi connectivity index (χ2n) is 2.94. The van der Waals surface area contributed by atoms with Crippen molar-refractivity contribution in [3.05, 3.63) is 0 Å². The van der Waals surface area contributed by atoms with E-state index in [0.29, 0.717) is 6.61 Å². The fourth-order valence-corrected chi connectivity index (χ4v) is 1.76. The van der Waals surface area contributed by atoms with Gasteiger partial charge in [0.1, 0.15) is 6.10 Å². The van der Waals surface area contributed by atoms with Crippen molar-refractivity contribution in [1.82, 2.24) is 0 Å². The van der Waals surface area contributed by atoms with E-state index in [1.54, 1.807) is 6.92 Å². The predicted octanol–water partition coefficient (Wildman–Crippen LogP) is 2.50. The minimum Gasteiger partial charge on any atom is -0.466 e. The van der Waals surface area contributed by atoms with Crippen LogP contribution in [0, 0.1) is 0 Å². The number of rotatable bonds is 7. The van der Waals surface area contributed by atoms with E-state index in [1.165, 1.54) is 0 Å². The molecule has 0 aromatic heterocycles. The van der Waals surface area contributed by atoms with Crippen LogP contribution >= 0.6 is 8.03 Å². The lowest BCUT2D eigenvalue weighted by Crippen LogP contribution is -2.06. The maximum absolute atomic E-state index is 11.2. The number of ether oxygens (including phenoxy) is 1. The lowest BCUT2D eigenvalue weighted by atomic mass is 10.3. The molecule has 5 heteroatoms. The highest BCUT2D eigenvalue weighted by Gasteiger charge is 2.22. The van der Waals surface area contributed by atoms with Gasteiger partial charge in [0.2, 0.25) is 0 Å². The zero-order valence-corrected chi connectivity index (χ0v) is 9.88. The fraction of sp³-hybridized carbons (Fsp3) is 0.889. The molecule has 0 heterocycles. The highest BCUT2D eigenvalue weighted by atomic mass is 31.1. The van der Waals surface area contributed by atoms with Gasteiger partial charge >= 0.3 is 14.0 Å². The summed E-state index contributed by atoms with van der Waals surface area (Å²) in [6, 6.07) is 0. The van der Waals surface area contributed by atoms with Gasteiger partial charge in [-0.15, -0.1) is 4.52 Å². The summed E-state index contributed by atoms with van der Waals surface area (Å²) in [6.07, 6.45) is 1.22. The summed E-state index contributed by atoms with van der Waals surface area (Å²) in [4.78, 5) is 10.9. The van der Waals surface area contributed by atoms with Crippen LogP contribution in [0.25, 0.3) is 0 Å². The normalized spacial score (nSPS) is 13.5. The Morgan fingerprint density at radius 1 is 1.43 bits per heavy atom. The average Bonchev–Trinajstić information content (AvgIpc) is 2.15. The zero-order chi connectivity index (χ0) is 11.0. The number of carbonyl (C=O) groups excluding carboxylic acids is 1. The molecule has 0 N–H and O–H groups in total. The lowest BCUT2D eigenvalue weighted by molar-refractivity contribution is -0.142. The molecule has 0 bridgehead atoms. The molecule has 2 atom stereocenters. The minimum atomic E-state index is -1.72. The quantitative estimate of drug-likeness (QED) is 0.489. The molecule has 0 fully saturated rings. The molecule has 0 rings (SSSR count). The van der Waals surface area contributed by atoms with Crippen molar-refractivity contribution in [3.63, 3.8) is 0 Å². The average molecular weight is 221 g/mol. The summed E-state index contributed by atoms with van der Waals surface area (Å²) in [6.45, 7) is 5.92. The van der Waals surface area contributed by atoms with Gasteiger partial charge in [0.05, 0.1) is 13.0 Å². The Labute approximate surface area is 85.8 Å². The van der Waals surface area contributed by atoms with Gasteiger partial charge in [0.25, 0.3) is 0 Å². The van der Waals surface area contributed by atoms with Gasteiger partial charge in [0.15, 0.2) is 6.16 Å². The van der Waals surface area contributed by atoms with Crippen LogP contribution < -0.4 is 0 Å². The molecule has 0 spiro atoms. The third-order valence-corrected chi connectivity index (χ3v) is 2.86. The molecule has 0 aliphatic heterocycles. The molecular weight excluding hydrogens is 203 g/mol. The SMILES string of the molecule is CCOC(=O)CC[P+](=O)OC(C)CC. The van der Waals surface area contributed by atoms with Crippen LogP contribution in [0.15, 0.2) is 0 Å². The summed E-state index contributed by atoms with van der Waals surface area (Å²) >= 11 is 0. The predicted molar refractivity (Wildman–Crippen MR) is 54.6 cm³/mol. The Hall–Kier alpha value is -0.470. The maximum Gasteiger partial charge on any atom is 0.508 e. The molecule has 2 unspecified atom stereocenters. The Kier molecular flexibility index (Phi) is 7.63. The smallest absolute Gasteiger partial charge is 0.466 e. The standard InChI is InChI=1S/C9H18O4P/c1-4-8(3)13-14(11)7-6-9(10)12-5-2/h8H,4-7H2,1-3H3/q+1. The Bertz CT molecular complexity index is 193. The van der Waals surface area contributed by atoms with Crippen molar-refractivity contribution in [2.75, 3.05) is 12.8 Å². The number of esters is 1. The van der Waals surface area contributed by atoms with Gasteiger partial charge in [0, 0.05) is 0 Å². The van der Waals surface area contributed by atoms with Crippen molar-refractivity contribution in [1.29, 1.82) is 0 Å². The highest BCUT2D eigenvalue weighted by Crippen LogP contribution is 2.26. The molecule has 0 radical (unpaired) electrons. The largest absolute Gasteiger partial charge is 0.508 e. The van der Waals surface area contributed by atoms with Crippen molar-refractivity contribution < 1.29 is 18.6 Å². The first-order valence-corrected chi connectivity index (χ1v) is 6.23. The Morgan fingerprint density at radius 2 is 2.07 bits per heavy atom. The Balaban J connectivity index is 3.58. The van der Waals surface area contributed by atoms with Crippen LogP contribution in [0.3, 0.4) is 0 Å². The number of hydrogen-bond donors (Lipinski definition) is 0. The molecule has 4 nitrogen and oxygen atoms in total. The van der Waals surface area contributed by atoms with Gasteiger partial charge in [-0.1, -0.05) is 6.92 Å². The third-order valence-electron chi connectivity index (χ3n) is 1.68. The van der Waals surface area contributed by atoms with Crippen LogP contribution in [-0.4, -0.2) is 24.8 Å². The van der Waals surface area contributed by atoms with E-state index in [9.17, 15) is 9.36 Å². The number of hydrogen-bond acceptors (Lipinski definition) is 4. The molecule has 0 aliphatic carbocycles. The maximum atomic E-state index is 11.2. The fourth-order valence-electron chi connectivity index (χ4n) is 0.744. The van der Waals surface area contributed by atoms with Crippen LogP contribution in [0.2, 0.25) is 0 Å². The van der Waals surface area contributed by atoms with E-state index in [-0.39, 0.29) is 24.7 Å². The molecule has 14 heavy (non-hydrogen) atoms. The molecule has 0 saturated heterocycles. The van der Waals surface area contributed by atoms with Crippen LogP contribution in [0.1, 0.15) is 33.6 Å². The van der Waals surface area contributed by atoms with Crippen molar-refractivity contribution in [2.24, 2.45) is 0 Å². The van der Waals surface area contributed by atoms with Crippen molar-refractivity contribution >= 4 is 14.0 Å². The monoisotopic (exact) mass is 221 g/mol. The molecule has 0 aromatic carbocycles. The molecule has 82 valence electrons. The summed E-state index contributed by atoms with van der Waals surface area (Å²) in [5.41, 5.74) is 0. The highest BCUT2D eigenvalue weighted by molar-refractivity contribution is 7.39. The van der Waals surface area contributed by atoms with Gasteiger partial charge in [-0.25, -0.2) is 0 Å². The van der Waals surface area contributed by atoms with Gasteiger partial charge in [-0.3, -0.25) is 4.79 Å². The van der Waals surface area contributed by atoms with Crippen molar-refractivity contribution in [2.45, 2.75) is 39.7 Å². The van der Waals surface area contributed by atoms with Gasteiger partial charge in [-0.2, -0.15) is 0 Å². The first kappa shape index (κ1) is 13.5. The molecule has 0 saturated carbocycles. The molecule has 0 amide bonds. The van der Waals surface area contributed by atoms with E-state index in [4.69, 9.17) is 9.26 Å². The minimum absolute atomic E-state index is 0.0131. The van der Waals surface area contributed by atoms with E-state index in [0.717, 1.165) is 6.42 Å². The zero-order valence-electron chi connectivity index (χ0n) is 8.99. The molecular formula is C9H18O4P+. The lowest BCUT2D eigenvalue weighted by Gasteiger charge is -1.99. The van der Waals surface area contributed by atoms with Gasteiger partial charge in [-0.05, 0) is 24.8 Å². The molecule has 0 aromatic rings. The second-order valence-corrected chi connectivity index (χ2v) is 4.26. The summed E-state index contributed by atoms with van der Waals surface area (Å²) in [7, 11) is -1.72. The van der Waals surface area contributed by atoms with Crippen LogP contribution in [0.5, 0.6) is 0 Å². The topological polar surface area (TPSA) is 52.6 Å². The summed E-state index contributed by atoms with van der Waals surface area (Å²) < 4.78 is 21.1.